The van der Waals surface area contributed by atoms with Gasteiger partial charge in [-0.1, -0.05) is 30.3 Å². The quantitative estimate of drug-likeness (QED) is 0.762. The SMILES string of the molecule is CC(N)CC(C#N)c1ccccc1. The maximum atomic E-state index is 8.92. The Hall–Kier alpha value is -1.33. The molecule has 0 heterocycles. The zero-order valence-electron chi connectivity index (χ0n) is 7.77. The van der Waals surface area contributed by atoms with Gasteiger partial charge >= 0.3 is 0 Å². The van der Waals surface area contributed by atoms with Crippen molar-refractivity contribution < 1.29 is 0 Å². The van der Waals surface area contributed by atoms with Crippen LogP contribution in [0.4, 0.5) is 0 Å². The molecule has 1 aromatic carbocycles. The minimum absolute atomic E-state index is 0.0683. The van der Waals surface area contributed by atoms with Crippen LogP contribution in [0.15, 0.2) is 30.3 Å². The molecule has 0 fully saturated rings. The Labute approximate surface area is 79.0 Å². The van der Waals surface area contributed by atoms with Gasteiger partial charge in [0, 0.05) is 6.04 Å². The molecule has 13 heavy (non-hydrogen) atoms. The number of nitrogens with two attached hydrogens (primary N) is 1. The van der Waals surface area contributed by atoms with E-state index in [0.717, 1.165) is 12.0 Å². The van der Waals surface area contributed by atoms with Crippen LogP contribution >= 0.6 is 0 Å². The first-order valence-electron chi connectivity index (χ1n) is 4.44. The molecule has 0 aromatic heterocycles. The molecule has 2 unspecified atom stereocenters. The number of nitriles is 1. The lowest BCUT2D eigenvalue weighted by Gasteiger charge is -2.11. The van der Waals surface area contributed by atoms with Gasteiger partial charge in [-0.3, -0.25) is 0 Å². The molecule has 0 radical (unpaired) electrons. The fraction of sp³-hybridized carbons (Fsp3) is 0.364. The van der Waals surface area contributed by atoms with Gasteiger partial charge in [-0.25, -0.2) is 0 Å². The van der Waals surface area contributed by atoms with E-state index in [4.69, 9.17) is 11.0 Å². The second-order valence-electron chi connectivity index (χ2n) is 3.31. The summed E-state index contributed by atoms with van der Waals surface area (Å²) in [6, 6.07) is 12.1. The molecule has 0 spiro atoms. The minimum atomic E-state index is -0.0683. The van der Waals surface area contributed by atoms with Crippen molar-refractivity contribution in [1.82, 2.24) is 0 Å². The summed E-state index contributed by atoms with van der Waals surface area (Å²) < 4.78 is 0. The smallest absolute Gasteiger partial charge is 0.0727 e. The normalized spacial score (nSPS) is 14.5. The van der Waals surface area contributed by atoms with Crippen LogP contribution in [-0.2, 0) is 0 Å². The third kappa shape index (κ3) is 2.89. The van der Waals surface area contributed by atoms with Crippen LogP contribution in [0.3, 0.4) is 0 Å². The monoisotopic (exact) mass is 174 g/mol. The molecule has 2 nitrogen and oxygen atoms in total. The highest BCUT2D eigenvalue weighted by molar-refractivity contribution is 5.24. The fourth-order valence-electron chi connectivity index (χ4n) is 1.32. The van der Waals surface area contributed by atoms with Gasteiger partial charge in [-0.05, 0) is 18.9 Å². The summed E-state index contributed by atoms with van der Waals surface area (Å²) in [5.41, 5.74) is 6.71. The lowest BCUT2D eigenvalue weighted by Crippen LogP contribution is -2.18. The molecule has 0 bridgehead atoms. The first-order valence-corrected chi connectivity index (χ1v) is 4.44. The largest absolute Gasteiger partial charge is 0.328 e. The van der Waals surface area contributed by atoms with E-state index < -0.39 is 0 Å². The van der Waals surface area contributed by atoms with Gasteiger partial charge in [0.1, 0.15) is 0 Å². The average molecular weight is 174 g/mol. The molecule has 0 amide bonds. The lowest BCUT2D eigenvalue weighted by atomic mass is 9.94. The summed E-state index contributed by atoms with van der Waals surface area (Å²) in [6.45, 7) is 1.92. The number of nitrogens with zero attached hydrogens (tertiary/aromatic N) is 1. The zero-order chi connectivity index (χ0) is 9.68. The molecular weight excluding hydrogens is 160 g/mol. The standard InChI is InChI=1S/C11H14N2/c1-9(13)7-11(8-12)10-5-3-2-4-6-10/h2-6,9,11H,7,13H2,1H3. The maximum absolute atomic E-state index is 8.92. The van der Waals surface area contributed by atoms with E-state index in [1.165, 1.54) is 0 Å². The van der Waals surface area contributed by atoms with Gasteiger partial charge in [0.25, 0.3) is 0 Å². The molecule has 2 heteroatoms. The van der Waals surface area contributed by atoms with Crippen molar-refractivity contribution >= 4 is 0 Å². The van der Waals surface area contributed by atoms with Crippen molar-refractivity contribution in [3.05, 3.63) is 35.9 Å². The van der Waals surface area contributed by atoms with Crippen molar-refractivity contribution in [2.45, 2.75) is 25.3 Å². The van der Waals surface area contributed by atoms with Crippen LogP contribution in [0.2, 0.25) is 0 Å². The average Bonchev–Trinajstić information content (AvgIpc) is 2.15. The van der Waals surface area contributed by atoms with Crippen molar-refractivity contribution in [1.29, 1.82) is 5.26 Å². The van der Waals surface area contributed by atoms with Crippen molar-refractivity contribution in [3.63, 3.8) is 0 Å². The molecule has 1 rings (SSSR count). The first-order chi connectivity index (χ1) is 6.24. The molecule has 2 atom stereocenters. The van der Waals surface area contributed by atoms with Gasteiger partial charge in [0.15, 0.2) is 0 Å². The van der Waals surface area contributed by atoms with E-state index >= 15 is 0 Å². The van der Waals surface area contributed by atoms with Crippen LogP contribution in [0.5, 0.6) is 0 Å². The molecule has 0 aliphatic carbocycles. The Kier molecular flexibility index (Phi) is 3.48. The number of hydrogen-bond acceptors (Lipinski definition) is 2. The third-order valence-electron chi connectivity index (χ3n) is 1.97. The van der Waals surface area contributed by atoms with Crippen LogP contribution < -0.4 is 5.73 Å². The van der Waals surface area contributed by atoms with E-state index in [0.29, 0.717) is 0 Å². The molecule has 0 aliphatic heterocycles. The second kappa shape index (κ2) is 4.64. The Balaban J connectivity index is 2.75. The molecule has 0 aliphatic rings. The van der Waals surface area contributed by atoms with Crippen LogP contribution in [0.1, 0.15) is 24.8 Å². The van der Waals surface area contributed by atoms with E-state index in [1.54, 1.807) is 0 Å². The number of benzene rings is 1. The predicted octanol–water partition coefficient (Wildman–Crippen LogP) is 2.03. The van der Waals surface area contributed by atoms with Crippen molar-refractivity contribution in [3.8, 4) is 6.07 Å². The highest BCUT2D eigenvalue weighted by atomic mass is 14.6. The summed E-state index contributed by atoms with van der Waals surface area (Å²) in [5.74, 6) is -0.0683. The van der Waals surface area contributed by atoms with Crippen LogP contribution in [0.25, 0.3) is 0 Å². The second-order valence-corrected chi connectivity index (χ2v) is 3.31. The molecule has 0 saturated heterocycles. The van der Waals surface area contributed by atoms with Crippen molar-refractivity contribution in [2.75, 3.05) is 0 Å². The third-order valence-corrected chi connectivity index (χ3v) is 1.97. The Morgan fingerprint density at radius 2 is 2.00 bits per heavy atom. The van der Waals surface area contributed by atoms with E-state index in [9.17, 15) is 0 Å². The van der Waals surface area contributed by atoms with Crippen LogP contribution in [0, 0.1) is 11.3 Å². The number of rotatable bonds is 3. The lowest BCUT2D eigenvalue weighted by molar-refractivity contribution is 0.626. The highest BCUT2D eigenvalue weighted by Crippen LogP contribution is 2.19. The number of hydrogen-bond donors (Lipinski definition) is 1. The first kappa shape index (κ1) is 9.76. The topological polar surface area (TPSA) is 49.8 Å². The summed E-state index contributed by atoms with van der Waals surface area (Å²) >= 11 is 0. The van der Waals surface area contributed by atoms with Gasteiger partial charge in [-0.2, -0.15) is 5.26 Å². The Bertz CT molecular complexity index is 285. The van der Waals surface area contributed by atoms with E-state index in [2.05, 4.69) is 6.07 Å². The van der Waals surface area contributed by atoms with Gasteiger partial charge in [0.2, 0.25) is 0 Å². The summed E-state index contributed by atoms with van der Waals surface area (Å²) in [4.78, 5) is 0. The van der Waals surface area contributed by atoms with Crippen LogP contribution in [-0.4, -0.2) is 6.04 Å². The molecule has 2 N–H and O–H groups in total. The minimum Gasteiger partial charge on any atom is -0.328 e. The summed E-state index contributed by atoms with van der Waals surface area (Å²) in [5, 5.41) is 8.92. The zero-order valence-corrected chi connectivity index (χ0v) is 7.77. The summed E-state index contributed by atoms with van der Waals surface area (Å²) in [6.07, 6.45) is 0.723. The Morgan fingerprint density at radius 3 is 2.46 bits per heavy atom. The van der Waals surface area contributed by atoms with Gasteiger partial charge in [-0.15, -0.1) is 0 Å². The maximum Gasteiger partial charge on any atom is 0.0727 e. The highest BCUT2D eigenvalue weighted by Gasteiger charge is 2.11. The van der Waals surface area contributed by atoms with Gasteiger partial charge in [0.05, 0.1) is 12.0 Å². The predicted molar refractivity (Wildman–Crippen MR) is 53.1 cm³/mol. The van der Waals surface area contributed by atoms with Crippen molar-refractivity contribution in [2.24, 2.45) is 5.73 Å². The Morgan fingerprint density at radius 1 is 1.38 bits per heavy atom. The molecular formula is C11H14N2. The fourth-order valence-corrected chi connectivity index (χ4v) is 1.32. The van der Waals surface area contributed by atoms with Gasteiger partial charge < -0.3 is 5.73 Å². The van der Waals surface area contributed by atoms with E-state index in [1.807, 2.05) is 37.3 Å². The summed E-state index contributed by atoms with van der Waals surface area (Å²) in [7, 11) is 0. The van der Waals surface area contributed by atoms with E-state index in [-0.39, 0.29) is 12.0 Å². The molecule has 1 aromatic rings. The molecule has 0 saturated carbocycles. The molecule has 68 valence electrons.